The van der Waals surface area contributed by atoms with E-state index in [1.807, 2.05) is 19.1 Å². The van der Waals surface area contributed by atoms with Gasteiger partial charge in [0.1, 0.15) is 0 Å². The van der Waals surface area contributed by atoms with Gasteiger partial charge >= 0.3 is 0 Å². The van der Waals surface area contributed by atoms with Crippen molar-refractivity contribution in [3.05, 3.63) is 63.7 Å². The van der Waals surface area contributed by atoms with Gasteiger partial charge in [-0.25, -0.2) is 0 Å². The van der Waals surface area contributed by atoms with E-state index >= 15 is 0 Å². The minimum atomic E-state index is -2.85. The fraction of sp³-hybridized carbons (Fsp3) is 0.333. The van der Waals surface area contributed by atoms with Crippen LogP contribution >= 0.6 is 17.5 Å². The van der Waals surface area contributed by atoms with Crippen LogP contribution in [0.4, 0.5) is 8.78 Å². The molecular formula is C21H24F2NPS. The predicted molar refractivity (Wildman–Crippen MR) is 112 cm³/mol. The molecule has 138 valence electrons. The van der Waals surface area contributed by atoms with E-state index in [4.69, 9.17) is 0 Å². The summed E-state index contributed by atoms with van der Waals surface area (Å²) < 4.78 is 27.1. The minimum Gasteiger partial charge on any atom is -0.194 e. The molecule has 5 heteroatoms. The fourth-order valence-electron chi connectivity index (χ4n) is 3.37. The van der Waals surface area contributed by atoms with Crippen LogP contribution < -0.4 is 5.30 Å². The van der Waals surface area contributed by atoms with Gasteiger partial charge in [-0.1, -0.05) is 59.1 Å². The van der Waals surface area contributed by atoms with Crippen molar-refractivity contribution >= 4 is 29.1 Å². The van der Waals surface area contributed by atoms with Crippen molar-refractivity contribution < 1.29 is 8.78 Å². The highest BCUT2D eigenvalue weighted by Crippen LogP contribution is 2.60. The smallest absolute Gasteiger partial charge is 0.194 e. The summed E-state index contributed by atoms with van der Waals surface area (Å²) in [6.45, 7) is 8.63. The molecule has 2 aromatic rings. The average molecular weight is 391 g/mol. The molecule has 0 heterocycles. The second kappa shape index (κ2) is 7.59. The van der Waals surface area contributed by atoms with Gasteiger partial charge in [-0.3, -0.25) is 0 Å². The third-order valence-electron chi connectivity index (χ3n) is 4.18. The summed E-state index contributed by atoms with van der Waals surface area (Å²) in [5.74, 6) is 0. The first-order chi connectivity index (χ1) is 11.9. The summed E-state index contributed by atoms with van der Waals surface area (Å²) >= 11 is 0.616. The Balaban J connectivity index is 2.48. The fourth-order valence-corrected chi connectivity index (χ4v) is 8.39. The molecule has 0 spiro atoms. The summed E-state index contributed by atoms with van der Waals surface area (Å²) in [5, 5.41) is 7.63. The Labute approximate surface area is 159 Å². The Morgan fingerprint density at radius 2 is 1.73 bits per heavy atom. The summed E-state index contributed by atoms with van der Waals surface area (Å²) in [5.41, 5.74) is 5.79. The number of nitriles is 1. The van der Waals surface area contributed by atoms with Gasteiger partial charge in [0.15, 0.2) is 0 Å². The van der Waals surface area contributed by atoms with Crippen LogP contribution in [0, 0.1) is 32.1 Å². The lowest BCUT2D eigenvalue weighted by molar-refractivity contribution is 0.131. The van der Waals surface area contributed by atoms with Gasteiger partial charge in [0.2, 0.25) is 0 Å². The van der Waals surface area contributed by atoms with Crippen LogP contribution in [0.5, 0.6) is 0 Å². The maximum absolute atomic E-state index is 13.5. The van der Waals surface area contributed by atoms with Gasteiger partial charge in [-0.2, -0.15) is 14.0 Å². The number of hydrogen-bond donors (Lipinski definition) is 0. The second-order valence-corrected chi connectivity index (χ2v) is 13.6. The second-order valence-electron chi connectivity index (χ2n) is 7.03. The zero-order chi connectivity index (χ0) is 19.7. The summed E-state index contributed by atoms with van der Waals surface area (Å²) in [6, 6.07) is 12.4. The van der Waals surface area contributed by atoms with E-state index in [9.17, 15) is 14.0 Å². The van der Waals surface area contributed by atoms with Gasteiger partial charge in [0, 0.05) is 6.92 Å². The third-order valence-corrected chi connectivity index (χ3v) is 9.17. The molecule has 0 aliphatic rings. The van der Waals surface area contributed by atoms with Crippen molar-refractivity contribution in [2.45, 2.75) is 39.4 Å². The Morgan fingerprint density at radius 1 is 1.15 bits per heavy atom. The molecule has 2 rings (SSSR count). The number of aryl methyl sites for hydroxylation is 2. The molecular weight excluding hydrogens is 367 g/mol. The zero-order valence-electron chi connectivity index (χ0n) is 15.9. The molecule has 0 aliphatic heterocycles. The van der Waals surface area contributed by atoms with Crippen LogP contribution in [-0.2, 0) is 6.42 Å². The Hall–Kier alpha value is -1.56. The predicted octanol–water partition coefficient (Wildman–Crippen LogP) is 6.04. The van der Waals surface area contributed by atoms with Crippen molar-refractivity contribution in [3.8, 4) is 6.07 Å². The normalized spacial score (nSPS) is 13.9. The van der Waals surface area contributed by atoms with Gasteiger partial charge < -0.3 is 0 Å². The number of nitrogens with zero attached hydrogens (tertiary/aromatic N) is 1. The molecule has 26 heavy (non-hydrogen) atoms. The van der Waals surface area contributed by atoms with Crippen molar-refractivity contribution in [2.75, 3.05) is 6.66 Å². The SMILES string of the molecule is C=P(C)(SC(C)(F)F)c1ccc(Cc2cc(C)cc(C)c2)c(C#N)c1C. The molecule has 0 fully saturated rings. The molecule has 0 saturated carbocycles. The van der Waals surface area contributed by atoms with Crippen molar-refractivity contribution in [2.24, 2.45) is 0 Å². The van der Waals surface area contributed by atoms with Crippen LogP contribution in [-0.4, -0.2) is 18.2 Å². The van der Waals surface area contributed by atoms with Crippen LogP contribution in [0.1, 0.15) is 40.3 Å². The van der Waals surface area contributed by atoms with Gasteiger partial charge in [-0.15, -0.1) is 0 Å². The molecule has 0 N–H and O–H groups in total. The van der Waals surface area contributed by atoms with Crippen molar-refractivity contribution in [3.63, 3.8) is 0 Å². The standard InChI is InChI=1S/C21H24F2NPS/c1-14-9-15(2)11-17(10-14)12-18-7-8-20(16(3)19(18)13-24)25(5,6)26-21(4,22)23/h7-11H,5,12H2,1-4,6H3. The van der Waals surface area contributed by atoms with E-state index in [1.54, 1.807) is 6.66 Å². The summed E-state index contributed by atoms with van der Waals surface area (Å²) in [6.07, 6.45) is 2.39. The third kappa shape index (κ3) is 5.00. The van der Waals surface area contributed by atoms with Gasteiger partial charge in [0.25, 0.3) is 5.25 Å². The molecule has 0 aliphatic carbocycles. The highest BCUT2D eigenvalue weighted by Gasteiger charge is 2.30. The van der Waals surface area contributed by atoms with E-state index in [0.29, 0.717) is 23.4 Å². The first-order valence-electron chi connectivity index (χ1n) is 8.33. The van der Waals surface area contributed by atoms with Crippen LogP contribution in [0.2, 0.25) is 0 Å². The lowest BCUT2D eigenvalue weighted by Crippen LogP contribution is -2.14. The zero-order valence-corrected chi connectivity index (χ0v) is 17.6. The molecule has 2 aromatic carbocycles. The maximum atomic E-state index is 13.5. The largest absolute Gasteiger partial charge is 0.295 e. The van der Waals surface area contributed by atoms with Gasteiger partial charge in [-0.05, 0) is 61.9 Å². The molecule has 1 unspecified atom stereocenters. The number of rotatable bonds is 5. The Bertz CT molecular complexity index is 903. The highest BCUT2D eigenvalue weighted by atomic mass is 32.7. The van der Waals surface area contributed by atoms with E-state index in [-0.39, 0.29) is 0 Å². The Morgan fingerprint density at radius 3 is 2.23 bits per heavy atom. The molecule has 0 aromatic heterocycles. The van der Waals surface area contributed by atoms with Crippen LogP contribution in [0.15, 0.2) is 30.3 Å². The van der Waals surface area contributed by atoms with E-state index in [1.165, 1.54) is 11.1 Å². The molecule has 1 nitrogen and oxygen atoms in total. The first kappa shape index (κ1) is 20.7. The van der Waals surface area contributed by atoms with Crippen LogP contribution in [0.25, 0.3) is 0 Å². The van der Waals surface area contributed by atoms with Gasteiger partial charge in [0.05, 0.1) is 11.6 Å². The summed E-state index contributed by atoms with van der Waals surface area (Å²) in [7, 11) is 0. The number of benzene rings is 2. The molecule has 0 amide bonds. The topological polar surface area (TPSA) is 23.8 Å². The number of alkyl halides is 2. The minimum absolute atomic E-state index is 0.580. The first-order valence-corrected chi connectivity index (χ1v) is 12.2. The average Bonchev–Trinajstić information content (AvgIpc) is 2.43. The number of hydrogen-bond acceptors (Lipinski definition) is 2. The number of halogens is 2. The van der Waals surface area contributed by atoms with Crippen LogP contribution in [0.3, 0.4) is 0 Å². The van der Waals surface area contributed by atoms with E-state index in [2.05, 4.69) is 44.4 Å². The lowest BCUT2D eigenvalue weighted by Gasteiger charge is -2.25. The molecule has 0 bridgehead atoms. The molecule has 0 saturated heterocycles. The molecule has 0 radical (unpaired) electrons. The maximum Gasteiger partial charge on any atom is 0.295 e. The highest BCUT2D eigenvalue weighted by molar-refractivity contribution is 8.63. The van der Waals surface area contributed by atoms with Crippen molar-refractivity contribution in [1.29, 1.82) is 5.26 Å². The van der Waals surface area contributed by atoms with E-state index < -0.39 is 11.3 Å². The Kier molecular flexibility index (Phi) is 6.06. The monoisotopic (exact) mass is 391 g/mol. The van der Waals surface area contributed by atoms with E-state index in [0.717, 1.165) is 28.9 Å². The molecule has 1 atom stereocenters. The quantitative estimate of drug-likeness (QED) is 0.580. The lowest BCUT2D eigenvalue weighted by atomic mass is 9.95. The summed E-state index contributed by atoms with van der Waals surface area (Å²) in [4.78, 5) is 0. The van der Waals surface area contributed by atoms with Crippen molar-refractivity contribution in [1.82, 2.24) is 0 Å².